The number of hydrogen-bond donors (Lipinski definition) is 4. The number of nitrogens with one attached hydrogen (secondary N) is 1. The molecule has 3 heterocycles. The number of hydrogen-bond acceptors (Lipinski definition) is 7. The van der Waals surface area contributed by atoms with E-state index in [1.54, 1.807) is 13.1 Å². The lowest BCUT2D eigenvalue weighted by atomic mass is 9.92. The fraction of sp³-hybridized carbons (Fsp3) is 0.500. The van der Waals surface area contributed by atoms with E-state index in [1.165, 1.54) is 28.4 Å². The number of nitrogens with zero attached hydrogens (tertiary/aromatic N) is 2. The number of thioether (sulfide) groups is 2. The minimum absolute atomic E-state index is 0.0268. The van der Waals surface area contributed by atoms with Crippen LogP contribution in [-0.2, 0) is 22.6 Å². The first-order valence-corrected chi connectivity index (χ1v) is 9.31. The molecule has 1 fully saturated rings. The molecule has 24 heavy (non-hydrogen) atoms. The molecule has 1 aromatic heterocycles. The summed E-state index contributed by atoms with van der Waals surface area (Å²) in [7, 11) is 0. The van der Waals surface area contributed by atoms with E-state index >= 15 is 0 Å². The second-order valence-electron chi connectivity index (χ2n) is 5.58. The number of aliphatic hydroxyl groups excluding tert-OH is 1. The number of H-pyrrole nitrogens is 1. The zero-order valence-corrected chi connectivity index (χ0v) is 14.6. The van der Waals surface area contributed by atoms with E-state index < -0.39 is 18.0 Å². The summed E-state index contributed by atoms with van der Waals surface area (Å²) in [4.78, 5) is 32.2. The van der Waals surface area contributed by atoms with E-state index in [-0.39, 0.29) is 17.0 Å². The molecule has 1 amide bonds. The molecule has 0 radical (unpaired) electrons. The highest BCUT2D eigenvalue weighted by molar-refractivity contribution is 8.22. The summed E-state index contributed by atoms with van der Waals surface area (Å²) < 4.78 is 0.606. The van der Waals surface area contributed by atoms with Gasteiger partial charge >= 0.3 is 5.97 Å². The van der Waals surface area contributed by atoms with Crippen molar-refractivity contribution in [2.45, 2.75) is 31.4 Å². The van der Waals surface area contributed by atoms with Crippen LogP contribution < -0.4 is 5.73 Å². The number of rotatable bonds is 7. The molecule has 0 aliphatic carbocycles. The highest BCUT2D eigenvalue weighted by Gasteiger charge is 2.57. The molecular weight excluding hydrogens is 352 g/mol. The zero-order chi connectivity index (χ0) is 17.4. The molecule has 1 saturated heterocycles. The van der Waals surface area contributed by atoms with Gasteiger partial charge < -0.3 is 20.9 Å². The third-order valence-electron chi connectivity index (χ3n) is 3.94. The predicted molar refractivity (Wildman–Crippen MR) is 90.7 cm³/mol. The molecule has 2 aliphatic rings. The van der Waals surface area contributed by atoms with Crippen LogP contribution >= 0.6 is 23.5 Å². The molecule has 0 spiro atoms. The fourth-order valence-electron chi connectivity index (χ4n) is 2.73. The maximum absolute atomic E-state index is 12.1. The number of aromatic amines is 1. The van der Waals surface area contributed by atoms with Crippen LogP contribution in [0.4, 0.5) is 0 Å². The second kappa shape index (κ2) is 6.79. The standard InChI is InChI=1S/C14H18N4O4S2/c1-6(19)9-11(20)18-10(13(21)22)14(24-12(9)18)23-3-2-8-16-5-7(4-15)17-8/h5-6,9,12,19H,2-4,15H2,1H3,(H,16,17)(H,21,22)/t6?,9-,12+/m0/s1. The van der Waals surface area contributed by atoms with Gasteiger partial charge in [-0.15, -0.1) is 11.8 Å². The summed E-state index contributed by atoms with van der Waals surface area (Å²) in [6, 6.07) is 0. The van der Waals surface area contributed by atoms with Gasteiger partial charge in [-0.3, -0.25) is 9.69 Å². The summed E-state index contributed by atoms with van der Waals surface area (Å²) in [6.07, 6.45) is 1.54. The Morgan fingerprint density at radius 3 is 2.96 bits per heavy atom. The van der Waals surface area contributed by atoms with Crippen molar-refractivity contribution in [2.75, 3.05) is 5.75 Å². The molecule has 1 aromatic rings. The molecule has 3 atom stereocenters. The normalized spacial score (nSPS) is 24.1. The monoisotopic (exact) mass is 370 g/mol. The molecule has 130 valence electrons. The maximum Gasteiger partial charge on any atom is 0.354 e. The van der Waals surface area contributed by atoms with Crippen LogP contribution in [0.2, 0.25) is 0 Å². The first-order valence-electron chi connectivity index (χ1n) is 7.45. The number of aromatic nitrogens is 2. The van der Waals surface area contributed by atoms with E-state index in [1.807, 2.05) is 0 Å². The van der Waals surface area contributed by atoms with Crippen LogP contribution in [0.15, 0.2) is 16.1 Å². The molecule has 10 heteroatoms. The lowest BCUT2D eigenvalue weighted by Crippen LogP contribution is -2.60. The molecule has 5 N–H and O–H groups in total. The summed E-state index contributed by atoms with van der Waals surface area (Å²) in [5.74, 6) is -0.559. The quantitative estimate of drug-likeness (QED) is 0.504. The molecule has 0 bridgehead atoms. The van der Waals surface area contributed by atoms with Gasteiger partial charge in [-0.2, -0.15) is 0 Å². The highest BCUT2D eigenvalue weighted by atomic mass is 32.2. The molecular formula is C14H18N4O4S2. The lowest BCUT2D eigenvalue weighted by Gasteiger charge is -2.43. The van der Waals surface area contributed by atoms with Crippen molar-refractivity contribution in [1.29, 1.82) is 0 Å². The van der Waals surface area contributed by atoms with Gasteiger partial charge in [0.2, 0.25) is 5.91 Å². The van der Waals surface area contributed by atoms with Crippen LogP contribution in [0, 0.1) is 5.92 Å². The topological polar surface area (TPSA) is 133 Å². The van der Waals surface area contributed by atoms with Gasteiger partial charge in [-0.1, -0.05) is 11.8 Å². The van der Waals surface area contributed by atoms with Crippen molar-refractivity contribution in [1.82, 2.24) is 14.9 Å². The SMILES string of the molecule is CC(O)[C@H]1C(=O)N2C(C(=O)O)=C(SCCc3ncc(CN)[nH]3)S[C@H]12. The average Bonchev–Trinajstić information content (AvgIpc) is 3.09. The third-order valence-corrected chi connectivity index (χ3v) is 6.60. The summed E-state index contributed by atoms with van der Waals surface area (Å²) >= 11 is 2.73. The van der Waals surface area contributed by atoms with Gasteiger partial charge in [0.15, 0.2) is 5.70 Å². The Bertz CT molecular complexity index is 703. The Balaban J connectivity index is 1.66. The first kappa shape index (κ1) is 17.3. The van der Waals surface area contributed by atoms with E-state index in [0.29, 0.717) is 23.0 Å². The van der Waals surface area contributed by atoms with Crippen LogP contribution in [0.25, 0.3) is 0 Å². The Kier molecular flexibility index (Phi) is 4.90. The number of β-lactam (4-membered cyclic amide) rings is 1. The van der Waals surface area contributed by atoms with Crippen LogP contribution in [0.1, 0.15) is 18.4 Å². The number of fused-ring (bicyclic) bond motifs is 1. The average molecular weight is 370 g/mol. The van der Waals surface area contributed by atoms with Crippen LogP contribution in [-0.4, -0.2) is 54.2 Å². The molecule has 1 unspecified atom stereocenters. The number of aryl methyl sites for hydroxylation is 1. The fourth-order valence-corrected chi connectivity index (χ4v) is 5.67. The number of aliphatic hydroxyl groups is 1. The molecule has 0 saturated carbocycles. The molecule has 2 aliphatic heterocycles. The van der Waals surface area contributed by atoms with Crippen molar-refractivity contribution in [3.05, 3.63) is 27.6 Å². The summed E-state index contributed by atoms with van der Waals surface area (Å²) in [6.45, 7) is 1.95. The van der Waals surface area contributed by atoms with Crippen molar-refractivity contribution in [3.8, 4) is 0 Å². The van der Waals surface area contributed by atoms with Crippen molar-refractivity contribution in [3.63, 3.8) is 0 Å². The van der Waals surface area contributed by atoms with Gasteiger partial charge in [-0.05, 0) is 6.92 Å². The Labute approximate surface area is 146 Å². The second-order valence-corrected chi connectivity index (χ2v) is 8.07. The van der Waals surface area contributed by atoms with Crippen molar-refractivity contribution < 1.29 is 19.8 Å². The van der Waals surface area contributed by atoms with E-state index in [4.69, 9.17) is 5.73 Å². The van der Waals surface area contributed by atoms with Crippen LogP contribution in [0.3, 0.4) is 0 Å². The number of aliphatic carboxylic acids is 1. The number of amides is 1. The minimum Gasteiger partial charge on any atom is -0.477 e. The molecule has 0 aromatic carbocycles. The van der Waals surface area contributed by atoms with Crippen LogP contribution in [0.5, 0.6) is 0 Å². The Morgan fingerprint density at radius 1 is 1.62 bits per heavy atom. The smallest absolute Gasteiger partial charge is 0.354 e. The van der Waals surface area contributed by atoms with Crippen molar-refractivity contribution >= 4 is 35.4 Å². The van der Waals surface area contributed by atoms with E-state index in [0.717, 1.165) is 11.5 Å². The third kappa shape index (κ3) is 2.94. The summed E-state index contributed by atoms with van der Waals surface area (Å²) in [5, 5.41) is 18.8. The Hall–Kier alpha value is -1.49. The number of imidazole rings is 1. The van der Waals surface area contributed by atoms with E-state index in [9.17, 15) is 19.8 Å². The number of carbonyl (C=O) groups excluding carboxylic acids is 1. The molecule has 8 nitrogen and oxygen atoms in total. The highest BCUT2D eigenvalue weighted by Crippen LogP contribution is 2.53. The largest absolute Gasteiger partial charge is 0.477 e. The van der Waals surface area contributed by atoms with Gasteiger partial charge in [0, 0.05) is 30.6 Å². The predicted octanol–water partition coefficient (Wildman–Crippen LogP) is 0.310. The van der Waals surface area contributed by atoms with E-state index in [2.05, 4.69) is 9.97 Å². The first-order chi connectivity index (χ1) is 11.4. The zero-order valence-electron chi connectivity index (χ0n) is 12.9. The number of carbonyl (C=O) groups is 2. The maximum atomic E-state index is 12.1. The van der Waals surface area contributed by atoms with Gasteiger partial charge in [0.1, 0.15) is 11.2 Å². The summed E-state index contributed by atoms with van der Waals surface area (Å²) in [5.41, 5.74) is 6.40. The Morgan fingerprint density at radius 2 is 2.38 bits per heavy atom. The number of carboxylic acids is 1. The minimum atomic E-state index is -1.12. The van der Waals surface area contributed by atoms with Gasteiger partial charge in [0.05, 0.1) is 16.3 Å². The number of carboxylic acid groups (broad SMARTS) is 1. The van der Waals surface area contributed by atoms with Gasteiger partial charge in [-0.25, -0.2) is 9.78 Å². The number of nitrogens with two attached hydrogens (primary N) is 1. The molecule has 3 rings (SSSR count). The lowest BCUT2D eigenvalue weighted by molar-refractivity contribution is -0.156. The van der Waals surface area contributed by atoms with Gasteiger partial charge in [0.25, 0.3) is 0 Å². The van der Waals surface area contributed by atoms with Crippen molar-refractivity contribution in [2.24, 2.45) is 11.7 Å².